The van der Waals surface area contributed by atoms with E-state index in [4.69, 9.17) is 4.42 Å². The largest absolute Gasteiger partial charge is 0.508 e. The molecule has 1 aromatic carbocycles. The van der Waals surface area contributed by atoms with E-state index in [1.807, 2.05) is 13.8 Å². The van der Waals surface area contributed by atoms with Crippen LogP contribution in [0.2, 0.25) is 0 Å². The molecule has 0 fully saturated rings. The molecular weight excluding hydrogens is 212 g/mol. The standard InChI is InChI=1S/C11H12O3S/c1-5(2)7-4-8(12)6(3)10-9(7)14-11(13)15-10/h4-5,12H,1-3H3. The zero-order valence-electron chi connectivity index (χ0n) is 8.83. The highest BCUT2D eigenvalue weighted by molar-refractivity contribution is 7.16. The Balaban J connectivity index is 2.93. The van der Waals surface area contributed by atoms with E-state index in [9.17, 15) is 9.90 Å². The molecule has 0 aliphatic heterocycles. The molecule has 0 radical (unpaired) electrons. The number of phenols is 1. The second-order valence-electron chi connectivity index (χ2n) is 3.88. The van der Waals surface area contributed by atoms with Crippen molar-refractivity contribution in [1.82, 2.24) is 0 Å². The molecular formula is C11H12O3S. The summed E-state index contributed by atoms with van der Waals surface area (Å²) >= 11 is 1.04. The van der Waals surface area contributed by atoms with Crippen molar-refractivity contribution in [3.63, 3.8) is 0 Å². The monoisotopic (exact) mass is 224 g/mol. The molecule has 0 unspecified atom stereocenters. The molecule has 0 amide bonds. The molecule has 0 spiro atoms. The summed E-state index contributed by atoms with van der Waals surface area (Å²) in [6.07, 6.45) is 0. The van der Waals surface area contributed by atoms with E-state index < -0.39 is 0 Å². The number of aryl methyl sites for hydroxylation is 1. The highest BCUT2D eigenvalue weighted by Crippen LogP contribution is 2.34. The van der Waals surface area contributed by atoms with E-state index in [2.05, 4.69) is 0 Å². The van der Waals surface area contributed by atoms with Gasteiger partial charge in [0, 0.05) is 11.1 Å². The molecule has 80 valence electrons. The van der Waals surface area contributed by atoms with E-state index >= 15 is 0 Å². The Labute approximate surface area is 91.0 Å². The average Bonchev–Trinajstić information content (AvgIpc) is 2.53. The average molecular weight is 224 g/mol. The van der Waals surface area contributed by atoms with E-state index in [-0.39, 0.29) is 16.6 Å². The summed E-state index contributed by atoms with van der Waals surface area (Å²) in [7, 11) is 0. The fourth-order valence-corrected chi connectivity index (χ4v) is 2.38. The van der Waals surface area contributed by atoms with Gasteiger partial charge in [0.1, 0.15) is 5.75 Å². The molecule has 0 aliphatic carbocycles. The summed E-state index contributed by atoms with van der Waals surface area (Å²) in [6.45, 7) is 5.79. The molecule has 1 heterocycles. The lowest BCUT2D eigenvalue weighted by atomic mass is 10.0. The fraction of sp³-hybridized carbons (Fsp3) is 0.364. The quantitative estimate of drug-likeness (QED) is 0.810. The first-order valence-electron chi connectivity index (χ1n) is 4.76. The van der Waals surface area contributed by atoms with Crippen LogP contribution in [-0.2, 0) is 0 Å². The Morgan fingerprint density at radius 2 is 2.13 bits per heavy atom. The maximum Gasteiger partial charge on any atom is 0.396 e. The first-order chi connectivity index (χ1) is 7.00. The third-order valence-corrected chi connectivity index (χ3v) is 3.42. The van der Waals surface area contributed by atoms with Crippen LogP contribution in [0.5, 0.6) is 5.75 Å². The summed E-state index contributed by atoms with van der Waals surface area (Å²) in [4.78, 5) is 10.9. The second kappa shape index (κ2) is 3.38. The van der Waals surface area contributed by atoms with Gasteiger partial charge in [0.05, 0.1) is 4.70 Å². The zero-order valence-corrected chi connectivity index (χ0v) is 9.64. The Kier molecular flexibility index (Phi) is 2.31. The number of fused-ring (bicyclic) bond motifs is 1. The topological polar surface area (TPSA) is 50.4 Å². The number of hydrogen-bond donors (Lipinski definition) is 1. The molecule has 0 saturated heterocycles. The van der Waals surface area contributed by atoms with Crippen molar-refractivity contribution in [2.24, 2.45) is 0 Å². The lowest BCUT2D eigenvalue weighted by molar-refractivity contribution is 0.470. The van der Waals surface area contributed by atoms with Gasteiger partial charge < -0.3 is 9.52 Å². The van der Waals surface area contributed by atoms with Crippen molar-refractivity contribution < 1.29 is 9.52 Å². The first kappa shape index (κ1) is 10.2. The molecule has 2 aromatic rings. The minimum Gasteiger partial charge on any atom is -0.508 e. The van der Waals surface area contributed by atoms with Crippen LogP contribution in [0, 0.1) is 6.92 Å². The molecule has 1 aromatic heterocycles. The molecule has 0 aliphatic rings. The van der Waals surface area contributed by atoms with Gasteiger partial charge in [-0.05, 0) is 18.9 Å². The number of rotatable bonds is 1. The van der Waals surface area contributed by atoms with E-state index in [1.165, 1.54) is 0 Å². The predicted molar refractivity (Wildman–Crippen MR) is 60.9 cm³/mol. The molecule has 0 bridgehead atoms. The summed E-state index contributed by atoms with van der Waals surface area (Å²) in [5, 5.41) is 9.72. The Morgan fingerprint density at radius 3 is 2.73 bits per heavy atom. The van der Waals surface area contributed by atoms with Crippen LogP contribution in [0.3, 0.4) is 0 Å². The van der Waals surface area contributed by atoms with Gasteiger partial charge in [-0.15, -0.1) is 0 Å². The number of phenolic OH excluding ortho intramolecular Hbond substituents is 1. The number of aromatic hydroxyl groups is 1. The van der Waals surface area contributed by atoms with Crippen molar-refractivity contribution in [2.45, 2.75) is 26.7 Å². The van der Waals surface area contributed by atoms with Gasteiger partial charge in [0.15, 0.2) is 5.58 Å². The molecule has 15 heavy (non-hydrogen) atoms. The van der Waals surface area contributed by atoms with Crippen LogP contribution >= 0.6 is 11.3 Å². The summed E-state index contributed by atoms with van der Waals surface area (Å²) < 4.78 is 5.90. The van der Waals surface area contributed by atoms with Crippen LogP contribution in [0.1, 0.15) is 30.9 Å². The molecule has 3 nitrogen and oxygen atoms in total. The molecule has 4 heteroatoms. The lowest BCUT2D eigenvalue weighted by Gasteiger charge is -2.08. The normalized spacial score (nSPS) is 11.5. The Morgan fingerprint density at radius 1 is 1.47 bits per heavy atom. The van der Waals surface area contributed by atoms with E-state index in [1.54, 1.807) is 13.0 Å². The van der Waals surface area contributed by atoms with Gasteiger partial charge in [-0.2, -0.15) is 0 Å². The third-order valence-electron chi connectivity index (χ3n) is 2.48. The van der Waals surface area contributed by atoms with Crippen molar-refractivity contribution >= 4 is 21.6 Å². The summed E-state index contributed by atoms with van der Waals surface area (Å²) in [6, 6.07) is 1.68. The van der Waals surface area contributed by atoms with E-state index in [0.717, 1.165) is 21.6 Å². The minimum atomic E-state index is -0.319. The van der Waals surface area contributed by atoms with Gasteiger partial charge >= 0.3 is 4.94 Å². The molecule has 2 rings (SSSR count). The lowest BCUT2D eigenvalue weighted by Crippen LogP contribution is -1.90. The van der Waals surface area contributed by atoms with Gasteiger partial charge in [0.25, 0.3) is 0 Å². The molecule has 0 atom stereocenters. The molecule has 1 N–H and O–H groups in total. The first-order valence-corrected chi connectivity index (χ1v) is 5.58. The van der Waals surface area contributed by atoms with Crippen molar-refractivity contribution in [1.29, 1.82) is 0 Å². The summed E-state index contributed by atoms with van der Waals surface area (Å²) in [5.74, 6) is 0.444. The molecule has 0 saturated carbocycles. The van der Waals surface area contributed by atoms with Crippen LogP contribution in [0.25, 0.3) is 10.3 Å². The number of hydrogen-bond acceptors (Lipinski definition) is 4. The van der Waals surface area contributed by atoms with Gasteiger partial charge in [-0.1, -0.05) is 25.2 Å². The summed E-state index contributed by atoms with van der Waals surface area (Å²) in [5.41, 5.74) is 2.21. The highest BCUT2D eigenvalue weighted by atomic mass is 32.1. The van der Waals surface area contributed by atoms with Gasteiger partial charge in [-0.3, -0.25) is 0 Å². The Hall–Kier alpha value is -1.29. The maximum absolute atomic E-state index is 11.2. The number of benzene rings is 1. The van der Waals surface area contributed by atoms with Gasteiger partial charge in [-0.25, -0.2) is 4.79 Å². The van der Waals surface area contributed by atoms with Crippen LogP contribution < -0.4 is 4.94 Å². The van der Waals surface area contributed by atoms with Crippen molar-refractivity contribution in [3.8, 4) is 5.75 Å². The van der Waals surface area contributed by atoms with Gasteiger partial charge in [0.2, 0.25) is 0 Å². The second-order valence-corrected chi connectivity index (χ2v) is 4.82. The highest BCUT2D eigenvalue weighted by Gasteiger charge is 2.15. The van der Waals surface area contributed by atoms with Crippen LogP contribution in [0.15, 0.2) is 15.3 Å². The third kappa shape index (κ3) is 1.55. The fourth-order valence-electron chi connectivity index (χ4n) is 1.58. The zero-order chi connectivity index (χ0) is 11.2. The van der Waals surface area contributed by atoms with Crippen molar-refractivity contribution in [2.75, 3.05) is 0 Å². The maximum atomic E-state index is 11.2. The SMILES string of the molecule is Cc1c(O)cc(C(C)C)c2oc(=O)sc12. The Bertz CT molecular complexity index is 563. The minimum absolute atomic E-state index is 0.219. The van der Waals surface area contributed by atoms with E-state index in [0.29, 0.717) is 11.1 Å². The van der Waals surface area contributed by atoms with Crippen LogP contribution in [0.4, 0.5) is 0 Å². The van der Waals surface area contributed by atoms with Crippen molar-refractivity contribution in [3.05, 3.63) is 26.9 Å². The smallest absolute Gasteiger partial charge is 0.396 e. The predicted octanol–water partition coefficient (Wildman–Crippen LogP) is 2.99. The van der Waals surface area contributed by atoms with Crippen LogP contribution in [-0.4, -0.2) is 5.11 Å².